The number of aromatic hydroxyl groups is 1. The number of carbonyl (C=O) groups is 1. The maximum atomic E-state index is 13.5. The Hall–Kier alpha value is -3.86. The van der Waals surface area contributed by atoms with Gasteiger partial charge in [0.2, 0.25) is 0 Å². The van der Waals surface area contributed by atoms with E-state index in [-0.39, 0.29) is 11.7 Å². The molecule has 0 radical (unpaired) electrons. The molecule has 1 aliphatic heterocycles. The lowest BCUT2D eigenvalue weighted by atomic mass is 10.0. The van der Waals surface area contributed by atoms with Gasteiger partial charge in [0.1, 0.15) is 5.75 Å². The topological polar surface area (TPSA) is 56.7 Å². The van der Waals surface area contributed by atoms with Crippen molar-refractivity contribution in [3.05, 3.63) is 90.5 Å². The highest BCUT2D eigenvalue weighted by Gasteiger charge is 2.24. The van der Waals surface area contributed by atoms with E-state index < -0.39 is 0 Å². The lowest BCUT2D eigenvalue weighted by Crippen LogP contribution is -2.48. The second kappa shape index (κ2) is 8.11. The number of aromatic nitrogens is 1. The number of para-hydroxylation sites is 1. The zero-order valence-electron chi connectivity index (χ0n) is 17.1. The van der Waals surface area contributed by atoms with E-state index in [0.29, 0.717) is 18.7 Å². The number of carbonyl (C=O) groups excluding carboxylic acids is 1. The van der Waals surface area contributed by atoms with Crippen LogP contribution >= 0.6 is 0 Å². The molecule has 4 aromatic rings. The van der Waals surface area contributed by atoms with Gasteiger partial charge in [0.15, 0.2) is 0 Å². The van der Waals surface area contributed by atoms with Gasteiger partial charge in [-0.3, -0.25) is 4.79 Å². The summed E-state index contributed by atoms with van der Waals surface area (Å²) in [7, 11) is 0. The van der Waals surface area contributed by atoms with Gasteiger partial charge >= 0.3 is 0 Å². The van der Waals surface area contributed by atoms with E-state index in [9.17, 15) is 9.90 Å². The Morgan fingerprint density at radius 1 is 0.806 bits per heavy atom. The van der Waals surface area contributed by atoms with Gasteiger partial charge in [0, 0.05) is 42.8 Å². The molecule has 1 aromatic heterocycles. The number of pyridine rings is 1. The van der Waals surface area contributed by atoms with Crippen molar-refractivity contribution in [2.45, 2.75) is 0 Å². The molecule has 1 aliphatic rings. The predicted octanol–water partition coefficient (Wildman–Crippen LogP) is 4.57. The quantitative estimate of drug-likeness (QED) is 0.539. The molecule has 1 saturated heterocycles. The number of nitrogens with zero attached hydrogens (tertiary/aromatic N) is 3. The molecule has 0 bridgehead atoms. The zero-order valence-corrected chi connectivity index (χ0v) is 17.1. The summed E-state index contributed by atoms with van der Waals surface area (Å²) >= 11 is 0. The number of amides is 1. The fraction of sp³-hybridized carbons (Fsp3) is 0.154. The Kier molecular flexibility index (Phi) is 5.00. The highest BCUT2D eigenvalue weighted by Crippen LogP contribution is 2.27. The second-order valence-corrected chi connectivity index (χ2v) is 7.73. The van der Waals surface area contributed by atoms with E-state index in [4.69, 9.17) is 4.98 Å². The largest absolute Gasteiger partial charge is 0.508 e. The first-order valence-electron chi connectivity index (χ1n) is 10.5. The molecule has 3 aromatic carbocycles. The van der Waals surface area contributed by atoms with Crippen LogP contribution in [0.4, 0.5) is 5.69 Å². The fourth-order valence-corrected chi connectivity index (χ4v) is 4.11. The molecule has 5 nitrogen and oxygen atoms in total. The average Bonchev–Trinajstić information content (AvgIpc) is 2.84. The van der Waals surface area contributed by atoms with Gasteiger partial charge in [-0.15, -0.1) is 0 Å². The van der Waals surface area contributed by atoms with Crippen LogP contribution in [0, 0.1) is 0 Å². The molecule has 0 saturated carbocycles. The van der Waals surface area contributed by atoms with Crippen molar-refractivity contribution in [3.8, 4) is 17.0 Å². The van der Waals surface area contributed by atoms with Gasteiger partial charge in [0.25, 0.3) is 5.91 Å². The molecule has 0 aliphatic carbocycles. The standard InChI is InChI=1S/C26H23N3O2/c30-21-12-10-20(11-13-21)28-14-16-29(17-15-28)26(31)23-18-25(19-6-2-1-3-7-19)27-24-9-5-4-8-22(23)24/h1-13,18,30H,14-17H2. The van der Waals surface area contributed by atoms with Crippen LogP contribution in [0.15, 0.2) is 84.9 Å². The van der Waals surface area contributed by atoms with Gasteiger partial charge in [0.05, 0.1) is 16.8 Å². The molecular weight excluding hydrogens is 386 g/mol. The number of benzene rings is 3. The maximum Gasteiger partial charge on any atom is 0.254 e. The van der Waals surface area contributed by atoms with Crippen molar-refractivity contribution in [3.63, 3.8) is 0 Å². The highest BCUT2D eigenvalue weighted by atomic mass is 16.3. The molecule has 5 rings (SSSR count). The van der Waals surface area contributed by atoms with E-state index in [0.717, 1.165) is 40.9 Å². The third-order valence-corrected chi connectivity index (χ3v) is 5.80. The first-order chi connectivity index (χ1) is 15.2. The number of anilines is 1. The van der Waals surface area contributed by atoms with E-state index in [1.165, 1.54) is 0 Å². The van der Waals surface area contributed by atoms with Crippen LogP contribution < -0.4 is 4.90 Å². The van der Waals surface area contributed by atoms with Crippen LogP contribution in [0.5, 0.6) is 5.75 Å². The number of piperazine rings is 1. The Morgan fingerprint density at radius 2 is 1.48 bits per heavy atom. The van der Waals surface area contributed by atoms with Crippen molar-refractivity contribution < 1.29 is 9.90 Å². The number of phenols is 1. The highest BCUT2D eigenvalue weighted by molar-refractivity contribution is 6.07. The average molecular weight is 409 g/mol. The van der Waals surface area contributed by atoms with E-state index in [1.807, 2.05) is 77.7 Å². The van der Waals surface area contributed by atoms with Crippen molar-refractivity contribution in [1.29, 1.82) is 0 Å². The zero-order chi connectivity index (χ0) is 21.2. The Morgan fingerprint density at radius 3 is 2.23 bits per heavy atom. The molecule has 1 N–H and O–H groups in total. The molecule has 31 heavy (non-hydrogen) atoms. The molecule has 5 heteroatoms. The second-order valence-electron chi connectivity index (χ2n) is 7.73. The summed E-state index contributed by atoms with van der Waals surface area (Å²) in [5, 5.41) is 10.4. The SMILES string of the molecule is O=C(c1cc(-c2ccccc2)nc2ccccc12)N1CCN(c2ccc(O)cc2)CC1. The van der Waals surface area contributed by atoms with Crippen molar-refractivity contribution in [2.75, 3.05) is 31.1 Å². The number of rotatable bonds is 3. The molecule has 0 unspecified atom stereocenters. The lowest BCUT2D eigenvalue weighted by Gasteiger charge is -2.36. The molecule has 1 amide bonds. The minimum atomic E-state index is 0.0427. The Bertz CT molecular complexity index is 1210. The van der Waals surface area contributed by atoms with Crippen LogP contribution in [0.3, 0.4) is 0 Å². The number of phenolic OH excluding ortho intramolecular Hbond substituents is 1. The summed E-state index contributed by atoms with van der Waals surface area (Å²) in [4.78, 5) is 22.5. The van der Waals surface area contributed by atoms with Crippen molar-refractivity contribution in [1.82, 2.24) is 9.88 Å². The molecule has 2 heterocycles. The fourth-order valence-electron chi connectivity index (χ4n) is 4.11. The minimum Gasteiger partial charge on any atom is -0.508 e. The van der Waals surface area contributed by atoms with Crippen LogP contribution in [0.25, 0.3) is 22.2 Å². The third kappa shape index (κ3) is 3.82. The van der Waals surface area contributed by atoms with E-state index in [2.05, 4.69) is 4.90 Å². The summed E-state index contributed by atoms with van der Waals surface area (Å²) in [6.45, 7) is 2.81. The smallest absolute Gasteiger partial charge is 0.254 e. The normalized spacial score (nSPS) is 14.1. The van der Waals surface area contributed by atoms with Gasteiger partial charge in [-0.1, -0.05) is 48.5 Å². The first kappa shape index (κ1) is 19.1. The summed E-state index contributed by atoms with van der Waals surface area (Å²) in [5.41, 5.74) is 4.40. The maximum absolute atomic E-state index is 13.5. The summed E-state index contributed by atoms with van der Waals surface area (Å²) in [6.07, 6.45) is 0. The van der Waals surface area contributed by atoms with Gasteiger partial charge in [-0.05, 0) is 36.4 Å². The van der Waals surface area contributed by atoms with Crippen molar-refractivity contribution >= 4 is 22.5 Å². The third-order valence-electron chi connectivity index (χ3n) is 5.80. The number of fused-ring (bicyclic) bond motifs is 1. The molecular formula is C26H23N3O2. The molecule has 0 atom stereocenters. The predicted molar refractivity (Wildman–Crippen MR) is 123 cm³/mol. The Balaban J connectivity index is 1.43. The first-order valence-corrected chi connectivity index (χ1v) is 10.5. The molecule has 154 valence electrons. The van der Waals surface area contributed by atoms with Gasteiger partial charge in [-0.25, -0.2) is 4.98 Å². The van der Waals surface area contributed by atoms with E-state index >= 15 is 0 Å². The van der Waals surface area contributed by atoms with Crippen LogP contribution in [0.2, 0.25) is 0 Å². The summed E-state index contributed by atoms with van der Waals surface area (Å²) in [6, 6.07) is 26.9. The van der Waals surface area contributed by atoms with Crippen molar-refractivity contribution in [2.24, 2.45) is 0 Å². The minimum absolute atomic E-state index is 0.0427. The Labute approximate surface area is 181 Å². The van der Waals surface area contributed by atoms with Crippen LogP contribution in [-0.2, 0) is 0 Å². The summed E-state index contributed by atoms with van der Waals surface area (Å²) < 4.78 is 0. The van der Waals surface area contributed by atoms with Crippen LogP contribution in [0.1, 0.15) is 10.4 Å². The van der Waals surface area contributed by atoms with Crippen LogP contribution in [-0.4, -0.2) is 47.1 Å². The molecule has 1 fully saturated rings. The summed E-state index contributed by atoms with van der Waals surface area (Å²) in [5.74, 6) is 0.303. The van der Waals surface area contributed by atoms with E-state index in [1.54, 1.807) is 12.1 Å². The van der Waals surface area contributed by atoms with Gasteiger partial charge in [-0.2, -0.15) is 0 Å². The monoisotopic (exact) mass is 409 g/mol. The molecule has 0 spiro atoms. The number of hydrogen-bond acceptors (Lipinski definition) is 4. The number of hydrogen-bond donors (Lipinski definition) is 1. The lowest BCUT2D eigenvalue weighted by molar-refractivity contribution is 0.0748. The van der Waals surface area contributed by atoms with Gasteiger partial charge < -0.3 is 14.9 Å².